The molecule has 7 rings (SSSR count). The molecule has 0 aromatic carbocycles. The predicted molar refractivity (Wildman–Crippen MR) is 143 cm³/mol. The molecule has 41 heavy (non-hydrogen) atoms. The zero-order chi connectivity index (χ0) is 27.7. The highest BCUT2D eigenvalue weighted by atomic mass is 16.2. The summed E-state index contributed by atoms with van der Waals surface area (Å²) in [5, 5.41) is 8.70. The summed E-state index contributed by atoms with van der Waals surface area (Å²) in [5.41, 5.74) is -2.18. The summed E-state index contributed by atoms with van der Waals surface area (Å²) >= 11 is 0. The highest BCUT2D eigenvalue weighted by molar-refractivity contribution is 6.08. The monoisotopic (exact) mass is 540 g/mol. The molecule has 0 spiro atoms. The first-order valence-electron chi connectivity index (χ1n) is 12.6. The molecule has 6 aromatic heterocycles. The van der Waals surface area contributed by atoms with Crippen LogP contribution in [0, 0.1) is 0 Å². The molecule has 1 fully saturated rings. The number of hydrogen-bond donors (Lipinski definition) is 1. The van der Waals surface area contributed by atoms with E-state index < -0.39 is 22.8 Å². The number of carbonyl (C=O) groups excluding carboxylic acids is 1. The van der Waals surface area contributed by atoms with Gasteiger partial charge in [-0.15, -0.1) is 0 Å². The van der Waals surface area contributed by atoms with Gasteiger partial charge in [0.2, 0.25) is 5.91 Å². The number of nitrogens with one attached hydrogen (secondary N) is 1. The summed E-state index contributed by atoms with van der Waals surface area (Å²) in [6, 6.07) is 13.4. The molecule has 13 nitrogen and oxygen atoms in total. The van der Waals surface area contributed by atoms with E-state index in [4.69, 9.17) is 19.9 Å². The number of aromatic nitrogens is 11. The third kappa shape index (κ3) is 3.38. The van der Waals surface area contributed by atoms with Crippen molar-refractivity contribution in [2.75, 3.05) is 4.90 Å². The van der Waals surface area contributed by atoms with E-state index in [1.165, 1.54) is 18.9 Å². The van der Waals surface area contributed by atoms with Crippen molar-refractivity contribution in [2.45, 2.75) is 16.9 Å². The summed E-state index contributed by atoms with van der Waals surface area (Å²) in [7, 11) is 0. The largest absolute Gasteiger partial charge is 0.348 e. The summed E-state index contributed by atoms with van der Waals surface area (Å²) in [6.45, 7) is 0. The molecule has 1 saturated heterocycles. The lowest BCUT2D eigenvalue weighted by Gasteiger charge is -2.42. The Kier molecular flexibility index (Phi) is 5.74. The van der Waals surface area contributed by atoms with E-state index in [1.54, 1.807) is 72.5 Å². The molecule has 6 aromatic rings. The number of carbonyl (C=O) groups is 1. The maximum atomic E-state index is 15.5. The third-order valence-electron chi connectivity index (χ3n) is 7.28. The average molecular weight is 541 g/mol. The Bertz CT molecular complexity index is 1680. The number of H-pyrrole nitrogens is 1. The van der Waals surface area contributed by atoms with Gasteiger partial charge in [0.15, 0.2) is 11.2 Å². The number of aromatic amines is 1. The second kappa shape index (κ2) is 9.72. The normalized spacial score (nSPS) is 22.1. The van der Waals surface area contributed by atoms with Crippen LogP contribution in [0.3, 0.4) is 0 Å². The number of amides is 1. The number of hydrogen-bond acceptors (Lipinski definition) is 11. The lowest BCUT2D eigenvalue weighted by atomic mass is 9.57. The van der Waals surface area contributed by atoms with Crippen molar-refractivity contribution in [3.8, 4) is 0 Å². The van der Waals surface area contributed by atoms with Crippen LogP contribution in [0.1, 0.15) is 34.8 Å². The zero-order valence-corrected chi connectivity index (χ0v) is 21.3. The average Bonchev–Trinajstić information content (AvgIpc) is 3.67. The third-order valence-corrected chi connectivity index (χ3v) is 7.28. The number of nitrogens with zero attached hydrogens (tertiary/aromatic N) is 11. The van der Waals surface area contributed by atoms with E-state index in [0.717, 1.165) is 0 Å². The second-order valence-corrected chi connectivity index (χ2v) is 9.18. The van der Waals surface area contributed by atoms with Crippen molar-refractivity contribution in [3.05, 3.63) is 139 Å². The van der Waals surface area contributed by atoms with Crippen molar-refractivity contribution >= 4 is 11.7 Å². The van der Waals surface area contributed by atoms with Crippen LogP contribution in [-0.4, -0.2) is 61.0 Å². The Morgan fingerprint density at radius 1 is 0.707 bits per heavy atom. The predicted octanol–water partition coefficient (Wildman–Crippen LogP) is 2.03. The standard InChI is InChI=1S/C28H20N12O/c41-26-28(20-7-3-13-38-39-20,25-36-17-30-18-37-25)27(21-16-29-14-15-32-21,24-34-11-5-12-35-24)23(19-6-1-2-9-31-19)40(26)22-8-4-10-33-22/h1-18,23,33H. The molecule has 0 saturated carbocycles. The van der Waals surface area contributed by atoms with Crippen LogP contribution in [0.4, 0.5) is 5.82 Å². The minimum Gasteiger partial charge on any atom is -0.348 e. The number of anilines is 1. The van der Waals surface area contributed by atoms with E-state index in [1.807, 2.05) is 24.3 Å². The molecule has 13 heteroatoms. The van der Waals surface area contributed by atoms with Gasteiger partial charge in [-0.1, -0.05) is 6.07 Å². The van der Waals surface area contributed by atoms with Crippen LogP contribution in [-0.2, 0) is 15.6 Å². The zero-order valence-electron chi connectivity index (χ0n) is 21.3. The minimum absolute atomic E-state index is 0.117. The van der Waals surface area contributed by atoms with Crippen LogP contribution >= 0.6 is 0 Å². The Morgan fingerprint density at radius 2 is 1.56 bits per heavy atom. The Balaban J connectivity index is 1.75. The van der Waals surface area contributed by atoms with Gasteiger partial charge in [0, 0.05) is 49.6 Å². The van der Waals surface area contributed by atoms with Gasteiger partial charge in [0.25, 0.3) is 0 Å². The first kappa shape index (κ1) is 24.2. The highest BCUT2D eigenvalue weighted by Gasteiger charge is 2.77. The van der Waals surface area contributed by atoms with Crippen molar-refractivity contribution in [2.24, 2.45) is 0 Å². The maximum Gasteiger partial charge on any atom is 0.250 e. The second-order valence-electron chi connectivity index (χ2n) is 9.18. The molecule has 3 atom stereocenters. The van der Waals surface area contributed by atoms with Crippen LogP contribution in [0.25, 0.3) is 0 Å². The fourth-order valence-electron chi connectivity index (χ4n) is 5.85. The van der Waals surface area contributed by atoms with Gasteiger partial charge in [-0.05, 0) is 42.5 Å². The smallest absolute Gasteiger partial charge is 0.250 e. The van der Waals surface area contributed by atoms with Crippen LogP contribution in [0.15, 0.2) is 111 Å². The van der Waals surface area contributed by atoms with E-state index in [2.05, 4.69) is 35.1 Å². The highest BCUT2D eigenvalue weighted by Crippen LogP contribution is 2.64. The summed E-state index contributed by atoms with van der Waals surface area (Å²) in [4.78, 5) is 57.0. The molecule has 198 valence electrons. The van der Waals surface area contributed by atoms with E-state index in [0.29, 0.717) is 17.2 Å². The molecule has 7 heterocycles. The SMILES string of the molecule is O=C1N(c2ccc[nH]2)C(c2ccccn2)C(c2cnccn2)(c2ncccn2)C1(c1cccnn1)c1ncncn1. The van der Waals surface area contributed by atoms with E-state index in [9.17, 15) is 0 Å². The molecule has 0 bridgehead atoms. The van der Waals surface area contributed by atoms with Crippen molar-refractivity contribution in [1.29, 1.82) is 0 Å². The van der Waals surface area contributed by atoms with E-state index >= 15 is 4.79 Å². The van der Waals surface area contributed by atoms with Gasteiger partial charge in [0.1, 0.15) is 35.8 Å². The molecule has 0 aliphatic carbocycles. The topological polar surface area (TPSA) is 165 Å². The van der Waals surface area contributed by atoms with Gasteiger partial charge >= 0.3 is 0 Å². The van der Waals surface area contributed by atoms with E-state index in [-0.39, 0.29) is 17.3 Å². The van der Waals surface area contributed by atoms with Crippen LogP contribution in [0.5, 0.6) is 0 Å². The summed E-state index contributed by atoms with van der Waals surface area (Å²) in [6.07, 6.45) is 15.6. The molecule has 1 amide bonds. The van der Waals surface area contributed by atoms with Crippen LogP contribution < -0.4 is 4.90 Å². The van der Waals surface area contributed by atoms with Gasteiger partial charge in [-0.3, -0.25) is 24.6 Å². The van der Waals surface area contributed by atoms with Crippen molar-refractivity contribution in [3.63, 3.8) is 0 Å². The van der Waals surface area contributed by atoms with Crippen molar-refractivity contribution in [1.82, 2.24) is 55.1 Å². The molecule has 1 aliphatic heterocycles. The lowest BCUT2D eigenvalue weighted by molar-refractivity contribution is -0.122. The minimum atomic E-state index is -1.81. The van der Waals surface area contributed by atoms with Crippen LogP contribution in [0.2, 0.25) is 0 Å². The Hall–Kier alpha value is -5.85. The quantitative estimate of drug-likeness (QED) is 0.328. The summed E-state index contributed by atoms with van der Waals surface area (Å²) in [5.74, 6) is 0.478. The molecule has 1 N–H and O–H groups in total. The molecular formula is C28H20N12O. The van der Waals surface area contributed by atoms with Gasteiger partial charge in [0.05, 0.1) is 17.1 Å². The molecule has 1 aliphatic rings. The molecule has 3 unspecified atom stereocenters. The lowest BCUT2D eigenvalue weighted by Crippen LogP contribution is -2.55. The Labute approximate surface area is 232 Å². The molecular weight excluding hydrogens is 520 g/mol. The van der Waals surface area contributed by atoms with Crippen molar-refractivity contribution < 1.29 is 4.79 Å². The first-order valence-corrected chi connectivity index (χ1v) is 12.6. The first-order chi connectivity index (χ1) is 20.3. The number of pyridine rings is 1. The number of rotatable bonds is 6. The fourth-order valence-corrected chi connectivity index (χ4v) is 5.85. The van der Waals surface area contributed by atoms with Gasteiger partial charge in [-0.2, -0.15) is 10.2 Å². The summed E-state index contributed by atoms with van der Waals surface area (Å²) < 4.78 is 0. The van der Waals surface area contributed by atoms with Gasteiger partial charge in [-0.25, -0.2) is 24.9 Å². The maximum absolute atomic E-state index is 15.5. The molecule has 0 radical (unpaired) electrons. The van der Waals surface area contributed by atoms with Gasteiger partial charge < -0.3 is 4.98 Å². The fraction of sp³-hybridized carbons (Fsp3) is 0.107. The Morgan fingerprint density at radius 3 is 2.24 bits per heavy atom.